The lowest BCUT2D eigenvalue weighted by atomic mass is 10.2. The van der Waals surface area contributed by atoms with Crippen LogP contribution in [0.5, 0.6) is 0 Å². The zero-order chi connectivity index (χ0) is 35.7. The normalized spacial score (nSPS) is 8.58. The van der Waals surface area contributed by atoms with E-state index in [2.05, 4.69) is 119 Å². The molecule has 0 heterocycles. The Morgan fingerprint density at radius 2 is 0.500 bits per heavy atom. The second-order valence-corrected chi connectivity index (χ2v) is 10.9. The van der Waals surface area contributed by atoms with Crippen molar-refractivity contribution < 1.29 is 9.53 Å². The molecule has 0 aliphatic carbocycles. The highest BCUT2D eigenvalue weighted by atomic mass is 16.5. The summed E-state index contributed by atoms with van der Waals surface area (Å²) in [5.74, 6) is -0.211. The van der Waals surface area contributed by atoms with Gasteiger partial charge in [0.1, 0.15) is 0 Å². The molecule has 0 radical (unpaired) electrons. The van der Waals surface area contributed by atoms with Gasteiger partial charge in [-0.05, 0) is 48.5 Å². The van der Waals surface area contributed by atoms with Crippen molar-refractivity contribution in [2.45, 2.75) is 55.4 Å². The van der Waals surface area contributed by atoms with E-state index in [1.165, 1.54) is 40.3 Å². The van der Waals surface area contributed by atoms with Crippen LogP contribution < -0.4 is 0 Å². The predicted octanol–water partition coefficient (Wildman–Crippen LogP) is 12.5. The van der Waals surface area contributed by atoms with Crippen molar-refractivity contribution in [1.82, 2.24) is 0 Å². The smallest absolute Gasteiger partial charge is 0.302 e. The third-order valence-corrected chi connectivity index (χ3v) is 5.99. The van der Waals surface area contributed by atoms with Crippen LogP contribution in [0.3, 0.4) is 0 Å². The number of aryl methyl sites for hydroxylation is 6. The highest BCUT2D eigenvalue weighted by molar-refractivity contribution is 5.65. The largest absolute Gasteiger partial charge is 0.466 e. The fourth-order valence-electron chi connectivity index (χ4n) is 3.41. The lowest BCUT2D eigenvalue weighted by Gasteiger charge is -1.89. The average molecular weight is 641 g/mol. The van der Waals surface area contributed by atoms with Crippen LogP contribution in [0, 0.1) is 41.5 Å². The maximum atomic E-state index is 9.82. The molecular weight excluding hydrogens is 585 g/mol. The van der Waals surface area contributed by atoms with Crippen molar-refractivity contribution >= 4 is 5.97 Å². The van der Waals surface area contributed by atoms with Gasteiger partial charge in [0, 0.05) is 6.92 Å². The van der Waals surface area contributed by atoms with Gasteiger partial charge in [0.2, 0.25) is 0 Å². The predicted molar refractivity (Wildman–Crippen MR) is 209 cm³/mol. The Bertz CT molecular complexity index is 1210. The van der Waals surface area contributed by atoms with E-state index >= 15 is 0 Å². The summed E-state index contributed by atoms with van der Waals surface area (Å²) in [5, 5.41) is 0. The molecule has 0 unspecified atom stereocenters. The molecule has 6 aromatic carbocycles. The maximum absolute atomic E-state index is 9.82. The summed E-state index contributed by atoms with van der Waals surface area (Å²) in [6, 6.07) is 61.6. The van der Waals surface area contributed by atoms with Crippen LogP contribution in [0.25, 0.3) is 0 Å². The maximum Gasteiger partial charge on any atom is 0.302 e. The third kappa shape index (κ3) is 30.8. The lowest BCUT2D eigenvalue weighted by molar-refractivity contribution is -0.140. The number of carbonyl (C=O) groups excluding carboxylic acids is 1. The minimum absolute atomic E-state index is 0.211. The van der Waals surface area contributed by atoms with Crippen LogP contribution in [0.1, 0.15) is 47.2 Å². The van der Waals surface area contributed by atoms with Gasteiger partial charge in [-0.1, -0.05) is 215 Å². The highest BCUT2D eigenvalue weighted by Crippen LogP contribution is 1.95. The Labute approximate surface area is 292 Å². The fourth-order valence-corrected chi connectivity index (χ4v) is 3.41. The van der Waals surface area contributed by atoms with E-state index in [1.807, 2.05) is 109 Å². The molecule has 6 aromatic rings. The fraction of sp³-hybridized carbons (Fsp3) is 0.196. The molecule has 48 heavy (non-hydrogen) atoms. The molecule has 0 saturated heterocycles. The zero-order valence-corrected chi connectivity index (χ0v) is 30.3. The number of esters is 1. The second-order valence-electron chi connectivity index (χ2n) is 10.9. The quantitative estimate of drug-likeness (QED) is 0.167. The van der Waals surface area contributed by atoms with Gasteiger partial charge in [0.15, 0.2) is 0 Å². The number of carbonyl (C=O) groups is 1. The Kier molecular flexibility index (Phi) is 27.1. The molecule has 0 N–H and O–H groups in total. The molecule has 252 valence electrons. The topological polar surface area (TPSA) is 26.3 Å². The molecule has 0 fully saturated rings. The van der Waals surface area contributed by atoms with E-state index in [0.717, 1.165) is 0 Å². The van der Waals surface area contributed by atoms with Crippen LogP contribution >= 0.6 is 0 Å². The molecular formula is C46H56O2. The first-order valence-electron chi connectivity index (χ1n) is 16.4. The first kappa shape index (κ1) is 42.8. The molecule has 0 atom stereocenters. The number of benzene rings is 6. The highest BCUT2D eigenvalue weighted by Gasteiger charge is 1.81. The molecule has 0 spiro atoms. The van der Waals surface area contributed by atoms with Crippen LogP contribution in [0.4, 0.5) is 0 Å². The first-order chi connectivity index (χ1) is 23.1. The molecule has 0 aliphatic heterocycles. The summed E-state index contributed by atoms with van der Waals surface area (Å²) < 4.78 is 4.40. The Hall–Kier alpha value is -5.21. The summed E-state index contributed by atoms with van der Waals surface area (Å²) in [5.41, 5.74) is 7.93. The first-order valence-corrected chi connectivity index (χ1v) is 16.4. The van der Waals surface area contributed by atoms with Gasteiger partial charge in [-0.2, -0.15) is 0 Å². The lowest BCUT2D eigenvalue weighted by Crippen LogP contribution is -1.95. The summed E-state index contributed by atoms with van der Waals surface area (Å²) in [7, 11) is 0. The molecule has 2 nitrogen and oxygen atoms in total. The second kappa shape index (κ2) is 30.4. The Morgan fingerprint density at radius 1 is 0.354 bits per heavy atom. The zero-order valence-electron chi connectivity index (χ0n) is 30.3. The van der Waals surface area contributed by atoms with Gasteiger partial charge < -0.3 is 4.74 Å². The van der Waals surface area contributed by atoms with Crippen molar-refractivity contribution in [2.24, 2.45) is 0 Å². The van der Waals surface area contributed by atoms with Gasteiger partial charge in [-0.3, -0.25) is 4.79 Å². The van der Waals surface area contributed by atoms with Gasteiger partial charge in [0.25, 0.3) is 0 Å². The summed E-state index contributed by atoms with van der Waals surface area (Å²) >= 11 is 0. The molecule has 0 bridgehead atoms. The number of rotatable bonds is 1. The van der Waals surface area contributed by atoms with Crippen molar-refractivity contribution in [1.29, 1.82) is 0 Å². The van der Waals surface area contributed by atoms with E-state index < -0.39 is 0 Å². The number of hydrogen-bond donors (Lipinski definition) is 0. The van der Waals surface area contributed by atoms with Crippen LogP contribution in [-0.2, 0) is 9.53 Å². The summed E-state index contributed by atoms with van der Waals surface area (Å²) in [4.78, 5) is 9.82. The SMILES string of the molecule is CCOC(C)=O.Cc1ccccc1.Cc1ccccc1.Cc1ccccc1.Cc1ccccc1.Cc1ccccc1.Cc1ccccc1. The number of ether oxygens (including phenoxy) is 1. The van der Waals surface area contributed by atoms with Crippen molar-refractivity contribution in [3.05, 3.63) is 215 Å². The van der Waals surface area contributed by atoms with E-state index in [9.17, 15) is 4.79 Å². The van der Waals surface area contributed by atoms with Crippen LogP contribution in [0.2, 0.25) is 0 Å². The number of hydrogen-bond acceptors (Lipinski definition) is 2. The van der Waals surface area contributed by atoms with Gasteiger partial charge in [-0.15, -0.1) is 0 Å². The van der Waals surface area contributed by atoms with Gasteiger partial charge in [0.05, 0.1) is 6.61 Å². The molecule has 2 heteroatoms. The molecule has 0 amide bonds. The Morgan fingerprint density at radius 3 is 0.542 bits per heavy atom. The van der Waals surface area contributed by atoms with Crippen molar-refractivity contribution in [3.8, 4) is 0 Å². The molecule has 0 saturated carbocycles. The van der Waals surface area contributed by atoms with Crippen molar-refractivity contribution in [3.63, 3.8) is 0 Å². The summed E-state index contributed by atoms with van der Waals surface area (Å²) in [6.07, 6.45) is 0. The minimum atomic E-state index is -0.211. The van der Waals surface area contributed by atoms with Crippen LogP contribution in [-0.4, -0.2) is 12.6 Å². The monoisotopic (exact) mass is 640 g/mol. The molecule has 6 rings (SSSR count). The van der Waals surface area contributed by atoms with Crippen molar-refractivity contribution in [2.75, 3.05) is 6.61 Å². The van der Waals surface area contributed by atoms with E-state index in [-0.39, 0.29) is 5.97 Å². The van der Waals surface area contributed by atoms with Gasteiger partial charge >= 0.3 is 5.97 Å². The van der Waals surface area contributed by atoms with Gasteiger partial charge in [-0.25, -0.2) is 0 Å². The van der Waals surface area contributed by atoms with Crippen LogP contribution in [0.15, 0.2) is 182 Å². The standard InChI is InChI=1S/6C7H8.C4H8O2/c6*1-7-5-3-2-4-6-7;1-3-6-4(2)5/h6*2-6H,1H3;3H2,1-2H3. The third-order valence-electron chi connectivity index (χ3n) is 5.99. The minimum Gasteiger partial charge on any atom is -0.466 e. The molecule has 0 aromatic heterocycles. The Balaban J connectivity index is 0.000000537. The van der Waals surface area contributed by atoms with E-state index in [0.29, 0.717) is 6.61 Å². The summed E-state index contributed by atoms with van der Waals surface area (Å²) in [6.45, 7) is 16.2. The van der Waals surface area contributed by atoms with E-state index in [4.69, 9.17) is 0 Å². The van der Waals surface area contributed by atoms with E-state index in [1.54, 1.807) is 6.92 Å². The molecule has 0 aliphatic rings. The average Bonchev–Trinajstić information content (AvgIpc) is 3.09.